The fraction of sp³-hybridized carbons (Fsp3) is 0.583. The van der Waals surface area contributed by atoms with Gasteiger partial charge in [0, 0.05) is 30.9 Å². The maximum Gasteiger partial charge on any atom is 0.216 e. The van der Waals surface area contributed by atoms with E-state index in [1.807, 2.05) is 0 Å². The predicted molar refractivity (Wildman–Crippen MR) is 71.7 cm³/mol. The first-order valence-corrected chi connectivity index (χ1v) is 7.12. The number of thiophene rings is 1. The minimum absolute atomic E-state index is 0.0229. The molecule has 2 rings (SSSR count). The molecule has 1 aliphatic carbocycles. The van der Waals surface area contributed by atoms with E-state index in [1.165, 1.54) is 23.8 Å². The van der Waals surface area contributed by atoms with Crippen LogP contribution in [-0.4, -0.2) is 19.0 Å². The summed E-state index contributed by atoms with van der Waals surface area (Å²) < 4.78 is 0.880. The number of hydrogen-bond acceptors (Lipinski definition) is 3. The lowest BCUT2D eigenvalue weighted by Gasteiger charge is -2.23. The van der Waals surface area contributed by atoms with Gasteiger partial charge in [0.15, 0.2) is 0 Å². The molecule has 2 N–H and O–H groups in total. The zero-order chi connectivity index (χ0) is 12.3. The summed E-state index contributed by atoms with van der Waals surface area (Å²) in [6, 6.07) is 2.48. The molecule has 1 unspecified atom stereocenters. The Labute approximate surface area is 111 Å². The molecule has 1 atom stereocenters. The van der Waals surface area contributed by atoms with Crippen LogP contribution >= 0.6 is 22.9 Å². The van der Waals surface area contributed by atoms with E-state index in [2.05, 4.69) is 16.7 Å². The van der Waals surface area contributed by atoms with Gasteiger partial charge in [-0.05, 0) is 30.9 Å². The fourth-order valence-corrected chi connectivity index (χ4v) is 3.60. The van der Waals surface area contributed by atoms with Crippen molar-refractivity contribution in [1.29, 1.82) is 0 Å². The summed E-state index contributed by atoms with van der Waals surface area (Å²) in [7, 11) is 0. The summed E-state index contributed by atoms with van der Waals surface area (Å²) in [6.07, 6.45) is 3.51. The average Bonchev–Trinajstić information content (AvgIpc) is 2.65. The minimum Gasteiger partial charge on any atom is -0.355 e. The highest BCUT2D eigenvalue weighted by atomic mass is 35.5. The van der Waals surface area contributed by atoms with E-state index in [0.717, 1.165) is 23.7 Å². The SMILES string of the molecule is CC(=O)NCCNC1CCCc2sc(Cl)cc21. The van der Waals surface area contributed by atoms with Crippen LogP contribution < -0.4 is 10.6 Å². The van der Waals surface area contributed by atoms with Crippen molar-refractivity contribution >= 4 is 28.8 Å². The normalized spacial score (nSPS) is 18.8. The van der Waals surface area contributed by atoms with E-state index in [0.29, 0.717) is 12.6 Å². The molecule has 0 aliphatic heterocycles. The van der Waals surface area contributed by atoms with Crippen LogP contribution in [-0.2, 0) is 11.2 Å². The van der Waals surface area contributed by atoms with Crippen LogP contribution in [0.25, 0.3) is 0 Å². The Morgan fingerprint density at radius 3 is 3.18 bits per heavy atom. The first-order chi connectivity index (χ1) is 8.16. The lowest BCUT2D eigenvalue weighted by Crippen LogP contribution is -2.33. The van der Waals surface area contributed by atoms with Gasteiger partial charge in [0.1, 0.15) is 0 Å². The van der Waals surface area contributed by atoms with Crippen molar-refractivity contribution in [2.75, 3.05) is 13.1 Å². The molecule has 0 saturated heterocycles. The molecule has 17 heavy (non-hydrogen) atoms. The van der Waals surface area contributed by atoms with Crippen LogP contribution in [0.3, 0.4) is 0 Å². The van der Waals surface area contributed by atoms with Gasteiger partial charge in [-0.3, -0.25) is 4.79 Å². The zero-order valence-corrected chi connectivity index (χ0v) is 11.5. The van der Waals surface area contributed by atoms with Gasteiger partial charge < -0.3 is 10.6 Å². The van der Waals surface area contributed by atoms with Gasteiger partial charge in [-0.1, -0.05) is 11.6 Å². The largest absolute Gasteiger partial charge is 0.355 e. The maximum absolute atomic E-state index is 10.7. The van der Waals surface area contributed by atoms with Crippen LogP contribution in [0, 0.1) is 0 Å². The molecule has 0 fully saturated rings. The van der Waals surface area contributed by atoms with Crippen molar-refractivity contribution in [2.24, 2.45) is 0 Å². The fourth-order valence-electron chi connectivity index (χ4n) is 2.22. The van der Waals surface area contributed by atoms with Gasteiger partial charge in [0.2, 0.25) is 5.91 Å². The number of aryl methyl sites for hydroxylation is 1. The number of fused-ring (bicyclic) bond motifs is 1. The van der Waals surface area contributed by atoms with Crippen molar-refractivity contribution in [1.82, 2.24) is 10.6 Å². The van der Waals surface area contributed by atoms with Gasteiger partial charge in [-0.25, -0.2) is 0 Å². The molecule has 0 radical (unpaired) electrons. The Balaban J connectivity index is 1.88. The van der Waals surface area contributed by atoms with Crippen LogP contribution in [0.15, 0.2) is 6.07 Å². The quantitative estimate of drug-likeness (QED) is 0.827. The smallest absolute Gasteiger partial charge is 0.216 e. The third kappa shape index (κ3) is 3.44. The van der Waals surface area contributed by atoms with E-state index in [4.69, 9.17) is 11.6 Å². The summed E-state index contributed by atoms with van der Waals surface area (Å²) in [5.74, 6) is 0.0229. The molecule has 3 nitrogen and oxygen atoms in total. The Kier molecular flexibility index (Phi) is 4.42. The number of halogens is 1. The first-order valence-electron chi connectivity index (χ1n) is 5.92. The third-order valence-corrected chi connectivity index (χ3v) is 4.31. The van der Waals surface area contributed by atoms with E-state index < -0.39 is 0 Å². The van der Waals surface area contributed by atoms with E-state index in [-0.39, 0.29) is 5.91 Å². The van der Waals surface area contributed by atoms with Gasteiger partial charge in [-0.2, -0.15) is 0 Å². The second-order valence-corrected chi connectivity index (χ2v) is 6.08. The van der Waals surface area contributed by atoms with Crippen molar-refractivity contribution in [3.8, 4) is 0 Å². The van der Waals surface area contributed by atoms with E-state index in [1.54, 1.807) is 11.3 Å². The molecule has 1 aromatic rings. The standard InChI is InChI=1S/C12H17ClN2OS/c1-8(16)14-5-6-15-10-3-2-4-11-9(10)7-12(13)17-11/h7,10,15H,2-6H2,1H3,(H,14,16). The second-order valence-electron chi connectivity index (χ2n) is 4.31. The van der Waals surface area contributed by atoms with Gasteiger partial charge in [0.25, 0.3) is 0 Å². The molecule has 1 heterocycles. The summed E-state index contributed by atoms with van der Waals surface area (Å²) in [4.78, 5) is 12.2. The summed E-state index contributed by atoms with van der Waals surface area (Å²) in [5.41, 5.74) is 1.36. The topological polar surface area (TPSA) is 41.1 Å². The van der Waals surface area contributed by atoms with Crippen molar-refractivity contribution in [3.63, 3.8) is 0 Å². The van der Waals surface area contributed by atoms with Gasteiger partial charge >= 0.3 is 0 Å². The number of carbonyl (C=O) groups is 1. The van der Waals surface area contributed by atoms with E-state index in [9.17, 15) is 4.79 Å². The monoisotopic (exact) mass is 272 g/mol. The van der Waals surface area contributed by atoms with Crippen LogP contribution in [0.2, 0.25) is 4.34 Å². The van der Waals surface area contributed by atoms with Gasteiger partial charge in [0.05, 0.1) is 4.34 Å². The molecule has 0 saturated carbocycles. The number of rotatable bonds is 4. The van der Waals surface area contributed by atoms with E-state index >= 15 is 0 Å². The number of nitrogens with one attached hydrogen (secondary N) is 2. The summed E-state index contributed by atoms with van der Waals surface area (Å²) in [6.45, 7) is 3.02. The highest BCUT2D eigenvalue weighted by Gasteiger charge is 2.21. The van der Waals surface area contributed by atoms with Gasteiger partial charge in [-0.15, -0.1) is 11.3 Å². The van der Waals surface area contributed by atoms with Crippen LogP contribution in [0.1, 0.15) is 36.2 Å². The average molecular weight is 273 g/mol. The highest BCUT2D eigenvalue weighted by molar-refractivity contribution is 7.16. The Bertz CT molecular complexity index is 405. The zero-order valence-electron chi connectivity index (χ0n) is 9.88. The third-order valence-electron chi connectivity index (χ3n) is 2.97. The first kappa shape index (κ1) is 12.9. The molecule has 5 heteroatoms. The van der Waals surface area contributed by atoms with Crippen LogP contribution in [0.5, 0.6) is 0 Å². The number of hydrogen-bond donors (Lipinski definition) is 2. The molecule has 1 amide bonds. The molecular formula is C12H17ClN2OS. The van der Waals surface area contributed by atoms with Crippen molar-refractivity contribution < 1.29 is 4.79 Å². The number of amides is 1. The predicted octanol–water partition coefficient (Wildman–Crippen LogP) is 2.50. The molecule has 1 aliphatic rings. The molecule has 0 spiro atoms. The highest BCUT2D eigenvalue weighted by Crippen LogP contribution is 2.37. The molecule has 0 bridgehead atoms. The molecule has 94 valence electrons. The minimum atomic E-state index is 0.0229. The molecule has 1 aromatic heterocycles. The molecule has 0 aromatic carbocycles. The van der Waals surface area contributed by atoms with Crippen molar-refractivity contribution in [2.45, 2.75) is 32.2 Å². The second kappa shape index (κ2) is 5.85. The Morgan fingerprint density at radius 2 is 2.41 bits per heavy atom. The molecular weight excluding hydrogens is 256 g/mol. The summed E-state index contributed by atoms with van der Waals surface area (Å²) >= 11 is 7.75. The maximum atomic E-state index is 10.7. The van der Waals surface area contributed by atoms with Crippen LogP contribution in [0.4, 0.5) is 0 Å². The summed E-state index contributed by atoms with van der Waals surface area (Å²) in [5, 5.41) is 6.27. The Hall–Kier alpha value is -0.580. The number of carbonyl (C=O) groups excluding carboxylic acids is 1. The Morgan fingerprint density at radius 1 is 1.59 bits per heavy atom. The lowest BCUT2D eigenvalue weighted by atomic mass is 9.94. The van der Waals surface area contributed by atoms with Crippen molar-refractivity contribution in [3.05, 3.63) is 20.8 Å². The lowest BCUT2D eigenvalue weighted by molar-refractivity contribution is -0.118.